The third kappa shape index (κ3) is 1.14. The summed E-state index contributed by atoms with van der Waals surface area (Å²) in [5, 5.41) is -2.65. The summed E-state index contributed by atoms with van der Waals surface area (Å²) in [5.74, 6) is 0. The second kappa shape index (κ2) is 1.90. The van der Waals surface area contributed by atoms with Gasteiger partial charge in [-0.3, -0.25) is 4.55 Å². The molecule has 0 aliphatic carbocycles. The molecule has 0 aromatic heterocycles. The van der Waals surface area contributed by atoms with Crippen LogP contribution in [0.15, 0.2) is 0 Å². The minimum absolute atomic E-state index is 0.0484. The lowest BCUT2D eigenvalue weighted by molar-refractivity contribution is 0.204. The number of hydrogen-bond acceptors (Lipinski definition) is 3. The third-order valence-corrected chi connectivity index (χ3v) is 2.68. The Hall–Kier alpha value is -0.200. The second-order valence-electron chi connectivity index (χ2n) is 2.28. The molecule has 1 saturated heterocycles. The topological polar surface area (TPSA) is 66.9 Å². The van der Waals surface area contributed by atoms with E-state index < -0.39 is 21.2 Å². The minimum Gasteiger partial charge on any atom is -0.368 e. The van der Waals surface area contributed by atoms with Gasteiger partial charge in [0.05, 0.1) is 6.61 Å². The molecule has 1 fully saturated rings. The van der Waals surface area contributed by atoms with E-state index >= 15 is 0 Å². The van der Waals surface area contributed by atoms with E-state index in [1.807, 2.05) is 0 Å². The molecule has 0 aromatic rings. The molecule has 2 atom stereocenters. The fraction of sp³-hybridized carbons (Fsp3) is 1.00. The maximum absolute atomic E-state index is 12.8. The number of halogens is 1. The summed E-state index contributed by atoms with van der Waals surface area (Å²) in [6.07, 6.45) is -0.998. The molecule has 0 bridgehead atoms. The van der Waals surface area contributed by atoms with Gasteiger partial charge in [-0.1, -0.05) is 0 Å². The van der Waals surface area contributed by atoms with Crippen molar-refractivity contribution in [1.29, 1.82) is 0 Å². The fourth-order valence-corrected chi connectivity index (χ4v) is 0.980. The van der Waals surface area contributed by atoms with Crippen molar-refractivity contribution >= 4 is 10.1 Å². The van der Waals surface area contributed by atoms with E-state index in [2.05, 4.69) is 4.74 Å². The fourth-order valence-electron chi connectivity index (χ4n) is 0.512. The highest BCUT2D eigenvalue weighted by Gasteiger charge is 2.53. The van der Waals surface area contributed by atoms with Crippen LogP contribution in [0, 0.1) is 0 Å². The molecule has 2 unspecified atom stereocenters. The van der Waals surface area contributed by atoms with Crippen molar-refractivity contribution in [2.75, 3.05) is 6.61 Å². The predicted molar refractivity (Wildman–Crippen MR) is 30.8 cm³/mol. The number of rotatable bonds is 2. The lowest BCUT2D eigenvalue weighted by Gasteiger charge is -2.12. The van der Waals surface area contributed by atoms with Gasteiger partial charge in [-0.25, -0.2) is 4.39 Å². The van der Waals surface area contributed by atoms with Gasteiger partial charge in [0.1, 0.15) is 6.10 Å². The van der Waals surface area contributed by atoms with Crippen molar-refractivity contribution < 1.29 is 22.1 Å². The van der Waals surface area contributed by atoms with Crippen molar-refractivity contribution in [2.45, 2.75) is 18.0 Å². The highest BCUT2D eigenvalue weighted by molar-refractivity contribution is 7.87. The Balaban J connectivity index is 2.86. The Morgan fingerprint density at radius 3 is 2.30 bits per heavy atom. The molecule has 0 spiro atoms. The summed E-state index contributed by atoms with van der Waals surface area (Å²) in [5.41, 5.74) is 0. The summed E-state index contributed by atoms with van der Waals surface area (Å²) >= 11 is 0. The molecule has 1 aliphatic heterocycles. The first kappa shape index (κ1) is 7.90. The largest absolute Gasteiger partial charge is 0.368 e. The van der Waals surface area contributed by atoms with Crippen LogP contribution in [0.3, 0.4) is 0 Å². The molecule has 0 aromatic carbocycles. The van der Waals surface area contributed by atoms with Gasteiger partial charge >= 0.3 is 10.1 Å². The molecule has 6 heteroatoms. The normalized spacial score (nSPS) is 31.3. The molecular weight excluding hydrogens is 163 g/mol. The Morgan fingerprint density at radius 1 is 1.80 bits per heavy atom. The van der Waals surface area contributed by atoms with E-state index in [0.717, 1.165) is 6.92 Å². The second-order valence-corrected chi connectivity index (χ2v) is 4.03. The molecule has 0 radical (unpaired) electrons. The van der Waals surface area contributed by atoms with Gasteiger partial charge in [0.2, 0.25) is 0 Å². The molecule has 0 saturated carbocycles. The van der Waals surface area contributed by atoms with E-state index in [1.165, 1.54) is 0 Å². The van der Waals surface area contributed by atoms with Gasteiger partial charge in [-0.15, -0.1) is 0 Å². The van der Waals surface area contributed by atoms with Gasteiger partial charge in [0.15, 0.2) is 0 Å². The number of ether oxygens (including phenoxy) is 1. The van der Waals surface area contributed by atoms with E-state index in [0.29, 0.717) is 0 Å². The molecule has 0 amide bonds. The predicted octanol–water partition coefficient (Wildman–Crippen LogP) is -0.0413. The Bertz CT molecular complexity index is 228. The molecule has 4 nitrogen and oxygen atoms in total. The highest BCUT2D eigenvalue weighted by atomic mass is 32.2. The van der Waals surface area contributed by atoms with Crippen molar-refractivity contribution in [2.24, 2.45) is 0 Å². The van der Waals surface area contributed by atoms with Crippen LogP contribution in [0.2, 0.25) is 0 Å². The number of alkyl halides is 1. The number of hydrogen-bond donors (Lipinski definition) is 1. The van der Waals surface area contributed by atoms with Crippen LogP contribution in [0.1, 0.15) is 6.92 Å². The summed E-state index contributed by atoms with van der Waals surface area (Å²) in [6.45, 7) is 0.826. The maximum Gasteiger partial charge on any atom is 0.302 e. The van der Waals surface area contributed by atoms with Crippen LogP contribution in [0.4, 0.5) is 4.39 Å². The van der Waals surface area contributed by atoms with Crippen molar-refractivity contribution in [3.8, 4) is 0 Å². The molecular formula is C4H7FO4S. The molecule has 60 valence electrons. The minimum atomic E-state index is -4.63. The summed E-state index contributed by atoms with van der Waals surface area (Å²) in [4.78, 5) is 0. The number of epoxide rings is 1. The summed E-state index contributed by atoms with van der Waals surface area (Å²) in [6, 6.07) is 0. The van der Waals surface area contributed by atoms with Gasteiger partial charge in [0.25, 0.3) is 5.00 Å². The first-order valence-electron chi connectivity index (χ1n) is 2.63. The average Bonchev–Trinajstić information content (AvgIpc) is 2.38. The molecule has 1 rings (SSSR count). The van der Waals surface area contributed by atoms with Crippen molar-refractivity contribution in [1.82, 2.24) is 0 Å². The molecule has 1 aliphatic rings. The zero-order chi connectivity index (χ0) is 7.99. The monoisotopic (exact) mass is 170 g/mol. The lowest BCUT2D eigenvalue weighted by Crippen LogP contribution is -2.35. The Morgan fingerprint density at radius 2 is 2.20 bits per heavy atom. The SMILES string of the molecule is CC(F)(C1CO1)S(=O)(=O)O. The van der Waals surface area contributed by atoms with E-state index in [-0.39, 0.29) is 6.61 Å². The van der Waals surface area contributed by atoms with Crippen LogP contribution >= 0.6 is 0 Å². The molecule has 1 heterocycles. The third-order valence-electron chi connectivity index (χ3n) is 1.41. The quantitative estimate of drug-likeness (QED) is 0.466. The summed E-state index contributed by atoms with van der Waals surface area (Å²) < 4.78 is 45.9. The first-order chi connectivity index (χ1) is 4.36. The van der Waals surface area contributed by atoms with E-state index in [1.54, 1.807) is 0 Å². The summed E-state index contributed by atoms with van der Waals surface area (Å²) in [7, 11) is -4.63. The zero-order valence-corrected chi connectivity index (χ0v) is 6.06. The smallest absolute Gasteiger partial charge is 0.302 e. The molecule has 10 heavy (non-hydrogen) atoms. The Labute approximate surface area is 57.7 Å². The van der Waals surface area contributed by atoms with Gasteiger partial charge < -0.3 is 4.74 Å². The van der Waals surface area contributed by atoms with Crippen molar-refractivity contribution in [3.63, 3.8) is 0 Å². The van der Waals surface area contributed by atoms with Crippen LogP contribution in [-0.2, 0) is 14.9 Å². The van der Waals surface area contributed by atoms with Gasteiger partial charge in [-0.05, 0) is 6.92 Å². The van der Waals surface area contributed by atoms with E-state index in [9.17, 15) is 12.8 Å². The standard InChI is InChI=1S/C4H7FO4S/c1-4(5,3-2-9-3)10(6,7)8/h3H,2H2,1H3,(H,6,7,8). The van der Waals surface area contributed by atoms with E-state index in [4.69, 9.17) is 4.55 Å². The lowest BCUT2D eigenvalue weighted by atomic mass is 10.3. The van der Waals surface area contributed by atoms with Crippen LogP contribution in [0.5, 0.6) is 0 Å². The average molecular weight is 170 g/mol. The maximum atomic E-state index is 12.8. The van der Waals surface area contributed by atoms with Gasteiger partial charge in [-0.2, -0.15) is 8.42 Å². The Kier molecular flexibility index (Phi) is 1.50. The molecule has 1 N–H and O–H groups in total. The van der Waals surface area contributed by atoms with Crippen LogP contribution < -0.4 is 0 Å². The zero-order valence-electron chi connectivity index (χ0n) is 5.24. The van der Waals surface area contributed by atoms with Gasteiger partial charge in [0, 0.05) is 0 Å². The van der Waals surface area contributed by atoms with Crippen LogP contribution in [0.25, 0.3) is 0 Å². The van der Waals surface area contributed by atoms with Crippen molar-refractivity contribution in [3.05, 3.63) is 0 Å². The van der Waals surface area contributed by atoms with Crippen LogP contribution in [-0.4, -0.2) is 30.7 Å². The first-order valence-corrected chi connectivity index (χ1v) is 4.07. The highest BCUT2D eigenvalue weighted by Crippen LogP contribution is 2.32.